The lowest BCUT2D eigenvalue weighted by atomic mass is 10.1. The van der Waals surface area contributed by atoms with Gasteiger partial charge in [0.15, 0.2) is 0 Å². The number of amides is 1. The van der Waals surface area contributed by atoms with E-state index in [1.54, 1.807) is 12.3 Å². The number of carbonyl (C=O) groups is 1. The molecule has 1 amide bonds. The molecule has 0 spiro atoms. The summed E-state index contributed by atoms with van der Waals surface area (Å²) in [7, 11) is 0. The summed E-state index contributed by atoms with van der Waals surface area (Å²) in [6.07, 6.45) is 2.61. The average Bonchev–Trinajstić information content (AvgIpc) is 2.98. The summed E-state index contributed by atoms with van der Waals surface area (Å²) in [5.74, 6) is 0.693. The first-order valence-electron chi connectivity index (χ1n) is 6.84. The maximum absolute atomic E-state index is 12.0. The summed E-state index contributed by atoms with van der Waals surface area (Å²) >= 11 is 0. The largest absolute Gasteiger partial charge is 0.467 e. The van der Waals surface area contributed by atoms with Crippen molar-refractivity contribution in [1.29, 1.82) is 0 Å². The van der Waals surface area contributed by atoms with Crippen LogP contribution in [-0.2, 0) is 17.8 Å². The fourth-order valence-electron chi connectivity index (χ4n) is 1.89. The van der Waals surface area contributed by atoms with Gasteiger partial charge in [-0.3, -0.25) is 4.79 Å². The molecule has 1 aromatic heterocycles. The zero-order valence-corrected chi connectivity index (χ0v) is 11.8. The lowest BCUT2D eigenvalue weighted by Gasteiger charge is -2.15. The Labute approximate surface area is 119 Å². The van der Waals surface area contributed by atoms with Crippen molar-refractivity contribution in [2.75, 3.05) is 5.32 Å². The SMILES string of the molecule is CCc1ccc(NC(C)C(=O)NCc2ccco2)cc1. The van der Waals surface area contributed by atoms with Gasteiger partial charge in [-0.2, -0.15) is 0 Å². The van der Waals surface area contributed by atoms with E-state index in [1.807, 2.05) is 25.1 Å². The van der Waals surface area contributed by atoms with Gasteiger partial charge in [0.2, 0.25) is 5.91 Å². The first-order chi connectivity index (χ1) is 9.69. The number of anilines is 1. The van der Waals surface area contributed by atoms with E-state index in [2.05, 4.69) is 29.7 Å². The third-order valence-corrected chi connectivity index (χ3v) is 3.16. The number of aryl methyl sites for hydroxylation is 1. The predicted molar refractivity (Wildman–Crippen MR) is 79.5 cm³/mol. The van der Waals surface area contributed by atoms with Crippen LogP contribution in [0.3, 0.4) is 0 Å². The van der Waals surface area contributed by atoms with E-state index in [4.69, 9.17) is 4.42 Å². The van der Waals surface area contributed by atoms with Crippen LogP contribution in [-0.4, -0.2) is 11.9 Å². The highest BCUT2D eigenvalue weighted by molar-refractivity contribution is 5.84. The molecule has 0 fully saturated rings. The second-order valence-electron chi connectivity index (χ2n) is 4.71. The highest BCUT2D eigenvalue weighted by Crippen LogP contribution is 2.11. The first-order valence-corrected chi connectivity index (χ1v) is 6.84. The average molecular weight is 272 g/mol. The van der Waals surface area contributed by atoms with Crippen LogP contribution >= 0.6 is 0 Å². The molecule has 1 heterocycles. The third-order valence-electron chi connectivity index (χ3n) is 3.16. The molecule has 0 aliphatic heterocycles. The van der Waals surface area contributed by atoms with Gasteiger partial charge in [-0.1, -0.05) is 19.1 Å². The molecule has 1 atom stereocenters. The maximum atomic E-state index is 12.0. The minimum Gasteiger partial charge on any atom is -0.467 e. The number of carbonyl (C=O) groups excluding carboxylic acids is 1. The van der Waals surface area contributed by atoms with Crippen LogP contribution in [0.5, 0.6) is 0 Å². The third kappa shape index (κ3) is 3.88. The smallest absolute Gasteiger partial charge is 0.242 e. The van der Waals surface area contributed by atoms with Crippen LogP contribution in [0.4, 0.5) is 5.69 Å². The summed E-state index contributed by atoms with van der Waals surface area (Å²) in [6.45, 7) is 4.37. The van der Waals surface area contributed by atoms with E-state index in [0.29, 0.717) is 6.54 Å². The Hall–Kier alpha value is -2.23. The van der Waals surface area contributed by atoms with Gasteiger partial charge < -0.3 is 15.1 Å². The number of hydrogen-bond donors (Lipinski definition) is 2. The second-order valence-corrected chi connectivity index (χ2v) is 4.71. The van der Waals surface area contributed by atoms with Crippen molar-refractivity contribution < 1.29 is 9.21 Å². The van der Waals surface area contributed by atoms with Gasteiger partial charge >= 0.3 is 0 Å². The summed E-state index contributed by atoms with van der Waals surface area (Å²) in [4.78, 5) is 12.0. The molecule has 0 saturated carbocycles. The molecule has 0 aliphatic carbocycles. The minimum atomic E-state index is -0.294. The van der Waals surface area contributed by atoms with Gasteiger partial charge in [0.25, 0.3) is 0 Å². The van der Waals surface area contributed by atoms with Crippen LogP contribution in [0, 0.1) is 0 Å². The molecule has 0 bridgehead atoms. The topological polar surface area (TPSA) is 54.3 Å². The van der Waals surface area contributed by atoms with Crippen molar-refractivity contribution >= 4 is 11.6 Å². The van der Waals surface area contributed by atoms with Gasteiger partial charge in [-0.15, -0.1) is 0 Å². The Morgan fingerprint density at radius 2 is 2.00 bits per heavy atom. The highest BCUT2D eigenvalue weighted by Gasteiger charge is 2.12. The molecule has 1 unspecified atom stereocenters. The molecule has 4 heteroatoms. The number of benzene rings is 1. The summed E-state index contributed by atoms with van der Waals surface area (Å²) in [5.41, 5.74) is 2.23. The van der Waals surface area contributed by atoms with Crippen LogP contribution in [0.2, 0.25) is 0 Å². The van der Waals surface area contributed by atoms with Crippen LogP contribution in [0.25, 0.3) is 0 Å². The lowest BCUT2D eigenvalue weighted by Crippen LogP contribution is -2.37. The van der Waals surface area contributed by atoms with Crippen molar-refractivity contribution in [3.63, 3.8) is 0 Å². The van der Waals surface area contributed by atoms with Crippen molar-refractivity contribution in [3.8, 4) is 0 Å². The second kappa shape index (κ2) is 6.80. The van der Waals surface area contributed by atoms with Crippen LogP contribution in [0.1, 0.15) is 25.2 Å². The molecule has 1 aromatic carbocycles. The van der Waals surface area contributed by atoms with E-state index >= 15 is 0 Å². The maximum Gasteiger partial charge on any atom is 0.242 e. The Morgan fingerprint density at radius 1 is 1.25 bits per heavy atom. The molecule has 0 saturated heterocycles. The minimum absolute atomic E-state index is 0.0547. The fraction of sp³-hybridized carbons (Fsp3) is 0.312. The van der Waals surface area contributed by atoms with Gasteiger partial charge in [-0.25, -0.2) is 0 Å². The van der Waals surface area contributed by atoms with Gasteiger partial charge in [0.05, 0.1) is 12.8 Å². The monoisotopic (exact) mass is 272 g/mol. The van der Waals surface area contributed by atoms with Gasteiger partial charge in [0, 0.05) is 5.69 Å². The Balaban J connectivity index is 1.83. The first kappa shape index (κ1) is 14.2. The normalized spacial score (nSPS) is 11.9. The standard InChI is InChI=1S/C16H20N2O2/c1-3-13-6-8-14(9-7-13)18-12(2)16(19)17-11-15-5-4-10-20-15/h4-10,12,18H,3,11H2,1-2H3,(H,17,19). The fourth-order valence-corrected chi connectivity index (χ4v) is 1.89. The molecular weight excluding hydrogens is 252 g/mol. The molecule has 106 valence electrons. The molecule has 2 N–H and O–H groups in total. The predicted octanol–water partition coefficient (Wildman–Crippen LogP) is 2.96. The summed E-state index contributed by atoms with van der Waals surface area (Å²) in [5, 5.41) is 6.01. The number of rotatable bonds is 6. The van der Waals surface area contributed by atoms with E-state index < -0.39 is 0 Å². The Morgan fingerprint density at radius 3 is 2.60 bits per heavy atom. The van der Waals surface area contributed by atoms with Gasteiger partial charge in [0.1, 0.15) is 11.8 Å². The number of furan rings is 1. The van der Waals surface area contributed by atoms with Crippen LogP contribution in [0.15, 0.2) is 47.1 Å². The molecule has 20 heavy (non-hydrogen) atoms. The molecule has 0 aliphatic rings. The Bertz CT molecular complexity index is 532. The van der Waals surface area contributed by atoms with E-state index in [9.17, 15) is 4.79 Å². The van der Waals surface area contributed by atoms with E-state index in [0.717, 1.165) is 17.9 Å². The molecule has 2 rings (SSSR count). The molecule has 0 radical (unpaired) electrons. The van der Waals surface area contributed by atoms with Crippen LogP contribution < -0.4 is 10.6 Å². The van der Waals surface area contributed by atoms with E-state index in [-0.39, 0.29) is 11.9 Å². The molecule has 4 nitrogen and oxygen atoms in total. The Kier molecular flexibility index (Phi) is 4.82. The van der Waals surface area contributed by atoms with Crippen molar-refractivity contribution in [2.45, 2.75) is 32.9 Å². The van der Waals surface area contributed by atoms with Gasteiger partial charge in [-0.05, 0) is 43.2 Å². The zero-order chi connectivity index (χ0) is 14.4. The quantitative estimate of drug-likeness (QED) is 0.850. The summed E-state index contributed by atoms with van der Waals surface area (Å²) < 4.78 is 5.17. The van der Waals surface area contributed by atoms with E-state index in [1.165, 1.54) is 5.56 Å². The number of hydrogen-bond acceptors (Lipinski definition) is 3. The lowest BCUT2D eigenvalue weighted by molar-refractivity contribution is -0.121. The van der Waals surface area contributed by atoms with Crippen molar-refractivity contribution in [3.05, 3.63) is 54.0 Å². The highest BCUT2D eigenvalue weighted by atomic mass is 16.3. The number of nitrogens with one attached hydrogen (secondary N) is 2. The molecule has 2 aromatic rings. The zero-order valence-electron chi connectivity index (χ0n) is 11.8. The summed E-state index contributed by atoms with van der Waals surface area (Å²) in [6, 6.07) is 11.5. The van der Waals surface area contributed by atoms with Crippen molar-refractivity contribution in [1.82, 2.24) is 5.32 Å². The molecular formula is C16H20N2O2. The van der Waals surface area contributed by atoms with Crippen molar-refractivity contribution in [2.24, 2.45) is 0 Å².